The summed E-state index contributed by atoms with van der Waals surface area (Å²) < 4.78 is 5.68. The van der Waals surface area contributed by atoms with Gasteiger partial charge in [0.2, 0.25) is 0 Å². The Labute approximate surface area is 113 Å². The molecule has 2 atom stereocenters. The summed E-state index contributed by atoms with van der Waals surface area (Å²) in [6, 6.07) is 0. The first-order valence-corrected chi connectivity index (χ1v) is 7.80. The van der Waals surface area contributed by atoms with Gasteiger partial charge in [-0.3, -0.25) is 0 Å². The molecule has 0 N–H and O–H groups in total. The fraction of sp³-hybridized carbons (Fsp3) is 0.765. The Balaban J connectivity index is 1.86. The molecule has 1 fully saturated rings. The van der Waals surface area contributed by atoms with Crippen LogP contribution < -0.4 is 0 Å². The normalized spacial score (nSPS) is 23.2. The third kappa shape index (κ3) is 7.71. The van der Waals surface area contributed by atoms with Crippen molar-refractivity contribution in [3.05, 3.63) is 24.3 Å². The molecule has 0 saturated carbocycles. The van der Waals surface area contributed by atoms with Crippen molar-refractivity contribution in [3.63, 3.8) is 0 Å². The molecule has 0 radical (unpaired) electrons. The van der Waals surface area contributed by atoms with Crippen LogP contribution in [0.4, 0.5) is 0 Å². The number of epoxide rings is 1. The van der Waals surface area contributed by atoms with Crippen molar-refractivity contribution in [2.75, 3.05) is 0 Å². The van der Waals surface area contributed by atoms with Crippen molar-refractivity contribution in [1.29, 1.82) is 0 Å². The van der Waals surface area contributed by atoms with Crippen LogP contribution in [-0.2, 0) is 4.74 Å². The molecule has 1 heterocycles. The van der Waals surface area contributed by atoms with Crippen LogP contribution in [0.25, 0.3) is 0 Å². The molecule has 104 valence electrons. The van der Waals surface area contributed by atoms with Gasteiger partial charge in [0.1, 0.15) is 0 Å². The van der Waals surface area contributed by atoms with E-state index in [2.05, 4.69) is 38.2 Å². The summed E-state index contributed by atoms with van der Waals surface area (Å²) in [7, 11) is 0. The zero-order valence-electron chi connectivity index (χ0n) is 12.2. The molecule has 0 unspecified atom stereocenters. The van der Waals surface area contributed by atoms with Crippen LogP contribution in [-0.4, -0.2) is 12.2 Å². The van der Waals surface area contributed by atoms with Gasteiger partial charge in [-0.2, -0.15) is 0 Å². The van der Waals surface area contributed by atoms with E-state index in [-0.39, 0.29) is 0 Å². The SMILES string of the molecule is C/C=C\C/C=C\C[C@@H]1O[C@@H]1CCCCCCCC. The second-order valence-electron chi connectivity index (χ2n) is 5.28. The Morgan fingerprint density at radius 3 is 2.44 bits per heavy atom. The molecule has 1 rings (SSSR count). The zero-order valence-corrected chi connectivity index (χ0v) is 12.2. The molecule has 1 saturated heterocycles. The quantitative estimate of drug-likeness (QED) is 0.271. The lowest BCUT2D eigenvalue weighted by atomic mass is 10.1. The third-order valence-corrected chi connectivity index (χ3v) is 3.57. The summed E-state index contributed by atoms with van der Waals surface area (Å²) >= 11 is 0. The van der Waals surface area contributed by atoms with Crippen molar-refractivity contribution >= 4 is 0 Å². The molecule has 1 nitrogen and oxygen atoms in total. The highest BCUT2D eigenvalue weighted by atomic mass is 16.6. The molecule has 0 spiro atoms. The predicted molar refractivity (Wildman–Crippen MR) is 79.8 cm³/mol. The molecule has 0 aromatic rings. The van der Waals surface area contributed by atoms with Gasteiger partial charge in [-0.15, -0.1) is 0 Å². The molecule has 0 aromatic carbocycles. The van der Waals surface area contributed by atoms with Crippen molar-refractivity contribution in [1.82, 2.24) is 0 Å². The lowest BCUT2D eigenvalue weighted by Gasteiger charge is -1.98. The van der Waals surface area contributed by atoms with Gasteiger partial charge in [0.25, 0.3) is 0 Å². The van der Waals surface area contributed by atoms with Gasteiger partial charge in [-0.05, 0) is 26.2 Å². The molecule has 1 aliphatic rings. The van der Waals surface area contributed by atoms with Crippen LogP contribution in [0.2, 0.25) is 0 Å². The van der Waals surface area contributed by atoms with E-state index >= 15 is 0 Å². The lowest BCUT2D eigenvalue weighted by Crippen LogP contribution is -1.92. The summed E-state index contributed by atoms with van der Waals surface area (Å²) in [5, 5.41) is 0. The van der Waals surface area contributed by atoms with E-state index in [4.69, 9.17) is 4.74 Å². The predicted octanol–water partition coefficient (Wildman–Crippen LogP) is 5.42. The summed E-state index contributed by atoms with van der Waals surface area (Å²) in [6.07, 6.45) is 21.7. The van der Waals surface area contributed by atoms with Crippen LogP contribution in [0.3, 0.4) is 0 Å². The van der Waals surface area contributed by atoms with Crippen molar-refractivity contribution in [2.45, 2.75) is 83.8 Å². The maximum absolute atomic E-state index is 5.68. The topological polar surface area (TPSA) is 12.5 Å². The molecule has 1 heteroatoms. The molecule has 0 bridgehead atoms. The van der Waals surface area contributed by atoms with E-state index in [1.165, 1.54) is 44.9 Å². The van der Waals surface area contributed by atoms with Crippen LogP contribution in [0.15, 0.2) is 24.3 Å². The standard InChI is InChI=1S/C17H30O/c1-3-5-7-9-11-13-15-17-16(18-17)14-12-10-8-6-4-2/h4,6,10,12,16-17H,3,5,7-9,11,13-15H2,1-2H3/b6-4-,12-10-/t16-,17+/m0/s1. The highest BCUT2D eigenvalue weighted by Crippen LogP contribution is 2.30. The van der Waals surface area contributed by atoms with E-state index in [0.29, 0.717) is 12.2 Å². The smallest absolute Gasteiger partial charge is 0.0876 e. The molecule has 0 aromatic heterocycles. The number of rotatable bonds is 11. The fourth-order valence-corrected chi connectivity index (χ4v) is 2.31. The molecule has 0 amide bonds. The van der Waals surface area contributed by atoms with E-state index in [1.54, 1.807) is 0 Å². The first kappa shape index (κ1) is 15.5. The number of unbranched alkanes of at least 4 members (excludes halogenated alkanes) is 5. The maximum atomic E-state index is 5.68. The molecule has 0 aliphatic carbocycles. The maximum Gasteiger partial charge on any atom is 0.0876 e. The van der Waals surface area contributed by atoms with Crippen molar-refractivity contribution in [2.24, 2.45) is 0 Å². The summed E-state index contributed by atoms with van der Waals surface area (Å²) in [6.45, 7) is 4.33. The van der Waals surface area contributed by atoms with E-state index in [9.17, 15) is 0 Å². The molecular weight excluding hydrogens is 220 g/mol. The summed E-state index contributed by atoms with van der Waals surface area (Å²) in [4.78, 5) is 0. The number of hydrogen-bond donors (Lipinski definition) is 0. The lowest BCUT2D eigenvalue weighted by molar-refractivity contribution is 0.358. The summed E-state index contributed by atoms with van der Waals surface area (Å²) in [5.41, 5.74) is 0. The summed E-state index contributed by atoms with van der Waals surface area (Å²) in [5.74, 6) is 0. The molecular formula is C17H30O. The monoisotopic (exact) mass is 250 g/mol. The average molecular weight is 250 g/mol. The van der Waals surface area contributed by atoms with Gasteiger partial charge in [-0.1, -0.05) is 69.8 Å². The van der Waals surface area contributed by atoms with E-state index < -0.39 is 0 Å². The first-order valence-electron chi connectivity index (χ1n) is 7.80. The van der Waals surface area contributed by atoms with Crippen LogP contribution in [0, 0.1) is 0 Å². The zero-order chi connectivity index (χ0) is 13.1. The van der Waals surface area contributed by atoms with Gasteiger partial charge in [0, 0.05) is 0 Å². The second-order valence-corrected chi connectivity index (χ2v) is 5.28. The van der Waals surface area contributed by atoms with Crippen LogP contribution >= 0.6 is 0 Å². The second kappa shape index (κ2) is 10.4. The van der Waals surface area contributed by atoms with Gasteiger partial charge < -0.3 is 4.74 Å². The number of allylic oxidation sites excluding steroid dienone is 3. The van der Waals surface area contributed by atoms with Crippen LogP contribution in [0.1, 0.15) is 71.6 Å². The minimum absolute atomic E-state index is 0.530. The number of hydrogen-bond acceptors (Lipinski definition) is 1. The van der Waals surface area contributed by atoms with Gasteiger partial charge >= 0.3 is 0 Å². The van der Waals surface area contributed by atoms with E-state index in [1.807, 2.05) is 0 Å². The molecule has 18 heavy (non-hydrogen) atoms. The molecule has 1 aliphatic heterocycles. The Kier molecular flexibility index (Phi) is 8.93. The van der Waals surface area contributed by atoms with Crippen molar-refractivity contribution in [3.8, 4) is 0 Å². The van der Waals surface area contributed by atoms with Gasteiger partial charge in [-0.25, -0.2) is 0 Å². The van der Waals surface area contributed by atoms with Gasteiger partial charge in [0.15, 0.2) is 0 Å². The fourth-order valence-electron chi connectivity index (χ4n) is 2.31. The van der Waals surface area contributed by atoms with Gasteiger partial charge in [0.05, 0.1) is 12.2 Å². The van der Waals surface area contributed by atoms with Crippen molar-refractivity contribution < 1.29 is 4.74 Å². The Bertz CT molecular complexity index is 242. The number of ether oxygens (including phenoxy) is 1. The third-order valence-electron chi connectivity index (χ3n) is 3.57. The minimum Gasteiger partial charge on any atom is -0.369 e. The highest BCUT2D eigenvalue weighted by Gasteiger charge is 2.36. The minimum atomic E-state index is 0.530. The largest absolute Gasteiger partial charge is 0.369 e. The first-order chi connectivity index (χ1) is 8.88. The van der Waals surface area contributed by atoms with E-state index in [0.717, 1.165) is 12.8 Å². The average Bonchev–Trinajstić information content (AvgIpc) is 3.12. The Morgan fingerprint density at radius 1 is 0.889 bits per heavy atom. The Hall–Kier alpha value is -0.560. The Morgan fingerprint density at radius 2 is 1.67 bits per heavy atom. The van der Waals surface area contributed by atoms with Crippen LogP contribution in [0.5, 0.6) is 0 Å². The highest BCUT2D eigenvalue weighted by molar-refractivity contribution is 4.96.